The van der Waals surface area contributed by atoms with E-state index in [2.05, 4.69) is 16.0 Å². The number of urea groups is 1. The maximum Gasteiger partial charge on any atom is 0.321 e. The van der Waals surface area contributed by atoms with Gasteiger partial charge in [-0.15, -0.1) is 0 Å². The van der Waals surface area contributed by atoms with Crippen LogP contribution in [0.1, 0.15) is 20.3 Å². The Bertz CT molecular complexity index is 577. The van der Waals surface area contributed by atoms with Crippen molar-refractivity contribution in [1.82, 2.24) is 15.5 Å². The molecule has 0 radical (unpaired) electrons. The van der Waals surface area contributed by atoms with Crippen LogP contribution in [0.3, 0.4) is 0 Å². The zero-order chi connectivity index (χ0) is 18.1. The normalized spacial score (nSPS) is 11.7. The van der Waals surface area contributed by atoms with Crippen LogP contribution in [0.15, 0.2) is 24.3 Å². The number of carbonyl (C=O) groups is 3. The Morgan fingerprint density at radius 3 is 2.29 bits per heavy atom. The van der Waals surface area contributed by atoms with E-state index < -0.39 is 17.8 Å². The lowest BCUT2D eigenvalue weighted by Crippen LogP contribution is -2.47. The maximum absolute atomic E-state index is 12.8. The minimum atomic E-state index is -0.557. The monoisotopic (exact) mass is 338 g/mol. The first kappa shape index (κ1) is 19.6. The molecule has 0 spiro atoms. The summed E-state index contributed by atoms with van der Waals surface area (Å²) in [6, 6.07) is 4.78. The fourth-order valence-corrected chi connectivity index (χ4v) is 1.81. The van der Waals surface area contributed by atoms with Crippen molar-refractivity contribution in [1.29, 1.82) is 0 Å². The van der Waals surface area contributed by atoms with Crippen molar-refractivity contribution < 1.29 is 18.8 Å². The molecule has 1 aromatic carbocycles. The Morgan fingerprint density at radius 1 is 1.12 bits per heavy atom. The molecule has 0 aromatic heterocycles. The molecule has 4 amide bonds. The number of rotatable bonds is 7. The summed E-state index contributed by atoms with van der Waals surface area (Å²) in [5.41, 5.74) is 0.465. The Hall–Kier alpha value is -2.48. The number of anilines is 1. The molecule has 0 saturated heterocycles. The molecule has 0 aliphatic heterocycles. The summed E-state index contributed by atoms with van der Waals surface area (Å²) in [6.07, 6.45) is 0.755. The number of likely N-dealkylation sites (N-methyl/N-ethyl adjacent to an activating group) is 1. The average molecular weight is 338 g/mol. The maximum atomic E-state index is 12.8. The first-order valence-electron chi connectivity index (χ1n) is 7.64. The lowest BCUT2D eigenvalue weighted by Gasteiger charge is -2.16. The van der Waals surface area contributed by atoms with E-state index in [9.17, 15) is 18.8 Å². The number of imide groups is 1. The van der Waals surface area contributed by atoms with E-state index in [0.29, 0.717) is 5.69 Å². The molecular weight excluding hydrogens is 315 g/mol. The third-order valence-electron chi connectivity index (χ3n) is 3.20. The van der Waals surface area contributed by atoms with E-state index in [1.54, 1.807) is 7.05 Å². The van der Waals surface area contributed by atoms with Gasteiger partial charge in [0, 0.05) is 11.7 Å². The van der Waals surface area contributed by atoms with Gasteiger partial charge in [-0.1, -0.05) is 6.92 Å². The predicted octanol–water partition coefficient (Wildman–Crippen LogP) is 1.32. The summed E-state index contributed by atoms with van der Waals surface area (Å²) in [7, 11) is 1.58. The molecule has 0 bridgehead atoms. The molecule has 24 heavy (non-hydrogen) atoms. The number of benzene rings is 1. The van der Waals surface area contributed by atoms with Gasteiger partial charge >= 0.3 is 6.03 Å². The fourth-order valence-electron chi connectivity index (χ4n) is 1.81. The second-order valence-corrected chi connectivity index (χ2v) is 5.56. The fraction of sp³-hybridized carbons (Fsp3) is 0.438. The van der Waals surface area contributed by atoms with Crippen molar-refractivity contribution in [3.63, 3.8) is 0 Å². The van der Waals surface area contributed by atoms with E-state index in [0.717, 1.165) is 6.42 Å². The zero-order valence-corrected chi connectivity index (χ0v) is 14.1. The van der Waals surface area contributed by atoms with Crippen molar-refractivity contribution in [2.75, 3.05) is 25.5 Å². The summed E-state index contributed by atoms with van der Waals surface area (Å²) in [5.74, 6) is -1.24. The molecule has 7 nitrogen and oxygen atoms in total. The molecule has 0 heterocycles. The van der Waals surface area contributed by atoms with Gasteiger partial charge in [0.05, 0.1) is 13.1 Å². The number of carbonyl (C=O) groups excluding carboxylic acids is 3. The van der Waals surface area contributed by atoms with E-state index in [1.165, 1.54) is 29.2 Å². The lowest BCUT2D eigenvalue weighted by molar-refractivity contribution is -0.122. The molecule has 0 fully saturated rings. The van der Waals surface area contributed by atoms with Gasteiger partial charge in [-0.05, 0) is 44.7 Å². The average Bonchev–Trinajstić information content (AvgIpc) is 2.48. The second-order valence-electron chi connectivity index (χ2n) is 5.56. The number of hydrogen-bond acceptors (Lipinski definition) is 4. The minimum absolute atomic E-state index is 0.0305. The van der Waals surface area contributed by atoms with Gasteiger partial charge in [0.2, 0.25) is 11.8 Å². The highest BCUT2D eigenvalue weighted by Crippen LogP contribution is 2.07. The highest BCUT2D eigenvalue weighted by Gasteiger charge is 2.14. The van der Waals surface area contributed by atoms with Crippen LogP contribution in [0.5, 0.6) is 0 Å². The first-order valence-corrected chi connectivity index (χ1v) is 7.64. The standard InChI is InChI=1S/C16H23FN4O3/c1-4-11(2)18-16(24)20-15(23)10-21(3)9-14(22)19-13-7-5-12(17)6-8-13/h5-8,11H,4,9-10H2,1-3H3,(H,19,22)(H2,18,20,23,24)/t11-/m1/s1. The summed E-state index contributed by atoms with van der Waals surface area (Å²) < 4.78 is 12.8. The topological polar surface area (TPSA) is 90.5 Å². The van der Waals surface area contributed by atoms with Gasteiger partial charge in [0.25, 0.3) is 0 Å². The number of amides is 4. The third kappa shape index (κ3) is 7.68. The largest absolute Gasteiger partial charge is 0.335 e. The van der Waals surface area contributed by atoms with Gasteiger partial charge in [-0.25, -0.2) is 9.18 Å². The summed E-state index contributed by atoms with van der Waals surface area (Å²) in [6.45, 7) is 3.60. The van der Waals surface area contributed by atoms with Crippen LogP contribution < -0.4 is 16.0 Å². The smallest absolute Gasteiger partial charge is 0.321 e. The van der Waals surface area contributed by atoms with Gasteiger partial charge in [0.1, 0.15) is 5.82 Å². The van der Waals surface area contributed by atoms with E-state index in [-0.39, 0.29) is 25.0 Å². The van der Waals surface area contributed by atoms with Crippen molar-refractivity contribution >= 4 is 23.5 Å². The molecule has 0 aliphatic rings. The Labute approximate surface area is 140 Å². The number of nitrogens with zero attached hydrogens (tertiary/aromatic N) is 1. The van der Waals surface area contributed by atoms with E-state index in [4.69, 9.17) is 0 Å². The molecule has 1 rings (SSSR count). The van der Waals surface area contributed by atoms with Crippen molar-refractivity contribution in [2.24, 2.45) is 0 Å². The molecule has 8 heteroatoms. The molecule has 1 aromatic rings. The molecule has 132 valence electrons. The SMILES string of the molecule is CC[C@@H](C)NC(=O)NC(=O)CN(C)CC(=O)Nc1ccc(F)cc1. The quantitative estimate of drug-likeness (QED) is 0.699. The van der Waals surface area contributed by atoms with E-state index >= 15 is 0 Å². The van der Waals surface area contributed by atoms with Gasteiger partial charge in [0.15, 0.2) is 0 Å². The number of hydrogen-bond donors (Lipinski definition) is 3. The third-order valence-corrected chi connectivity index (χ3v) is 3.20. The molecule has 0 aliphatic carbocycles. The second kappa shape index (κ2) is 9.61. The molecular formula is C16H23FN4O3. The van der Waals surface area contributed by atoms with Crippen molar-refractivity contribution in [2.45, 2.75) is 26.3 Å². The van der Waals surface area contributed by atoms with Crippen LogP contribution in [-0.2, 0) is 9.59 Å². The van der Waals surface area contributed by atoms with Crippen LogP contribution in [0.25, 0.3) is 0 Å². The summed E-state index contributed by atoms with van der Waals surface area (Å²) in [4.78, 5) is 36.5. The first-order chi connectivity index (χ1) is 11.3. The van der Waals surface area contributed by atoms with Crippen LogP contribution in [0.4, 0.5) is 14.9 Å². The summed E-state index contributed by atoms with van der Waals surface area (Å²) in [5, 5.41) is 7.40. The minimum Gasteiger partial charge on any atom is -0.335 e. The van der Waals surface area contributed by atoms with E-state index in [1.807, 2.05) is 13.8 Å². The molecule has 3 N–H and O–H groups in total. The van der Waals surface area contributed by atoms with Crippen LogP contribution >= 0.6 is 0 Å². The van der Waals surface area contributed by atoms with Gasteiger partial charge in [-0.3, -0.25) is 19.8 Å². The molecule has 1 atom stereocenters. The van der Waals surface area contributed by atoms with Gasteiger partial charge < -0.3 is 10.6 Å². The molecule has 0 unspecified atom stereocenters. The number of halogens is 1. The van der Waals surface area contributed by atoms with Crippen LogP contribution in [-0.4, -0.2) is 48.9 Å². The highest BCUT2D eigenvalue weighted by atomic mass is 19.1. The van der Waals surface area contributed by atoms with Crippen LogP contribution in [0, 0.1) is 5.82 Å². The lowest BCUT2D eigenvalue weighted by atomic mass is 10.3. The Kier molecular flexibility index (Phi) is 7.84. The highest BCUT2D eigenvalue weighted by molar-refractivity contribution is 5.96. The van der Waals surface area contributed by atoms with Crippen LogP contribution in [0.2, 0.25) is 0 Å². The Morgan fingerprint density at radius 2 is 1.71 bits per heavy atom. The molecule has 0 saturated carbocycles. The van der Waals surface area contributed by atoms with Crippen molar-refractivity contribution in [3.05, 3.63) is 30.1 Å². The van der Waals surface area contributed by atoms with Crippen molar-refractivity contribution in [3.8, 4) is 0 Å². The zero-order valence-electron chi connectivity index (χ0n) is 14.1. The summed E-state index contributed by atoms with van der Waals surface area (Å²) >= 11 is 0. The number of nitrogens with one attached hydrogen (secondary N) is 3. The van der Waals surface area contributed by atoms with Gasteiger partial charge in [-0.2, -0.15) is 0 Å². The predicted molar refractivity (Wildman–Crippen MR) is 89.0 cm³/mol. The Balaban J connectivity index is 2.35.